The zero-order valence-electron chi connectivity index (χ0n) is 10.9. The second kappa shape index (κ2) is 6.45. The van der Waals surface area contributed by atoms with Crippen molar-refractivity contribution in [3.63, 3.8) is 0 Å². The van der Waals surface area contributed by atoms with Crippen LogP contribution in [0.15, 0.2) is 30.3 Å². The van der Waals surface area contributed by atoms with Crippen LogP contribution >= 0.6 is 11.6 Å². The van der Waals surface area contributed by atoms with Crippen LogP contribution in [-0.4, -0.2) is 46.1 Å². The number of alkyl carbamates (subject to hydrolysis) is 1. The zero-order chi connectivity index (χ0) is 15.4. The minimum absolute atomic E-state index is 0.0414. The Kier molecular flexibility index (Phi) is 4.64. The molecule has 0 radical (unpaired) electrons. The van der Waals surface area contributed by atoms with Crippen LogP contribution in [0.25, 0.3) is 0 Å². The number of halogens is 1. The van der Waals surface area contributed by atoms with E-state index in [-0.39, 0.29) is 13.2 Å². The summed E-state index contributed by atoms with van der Waals surface area (Å²) < 4.78 is 5.00. The number of hydrogen-bond donors (Lipinski definition) is 2. The number of amides is 2. The van der Waals surface area contributed by atoms with Crippen LogP contribution in [0.1, 0.15) is 5.56 Å². The Morgan fingerprint density at radius 1 is 1.33 bits per heavy atom. The molecule has 1 saturated heterocycles. The summed E-state index contributed by atoms with van der Waals surface area (Å²) in [6, 6.07) is 8.60. The number of rotatable bonds is 3. The number of aliphatic carboxylic acids is 1. The predicted molar refractivity (Wildman–Crippen MR) is 72.5 cm³/mol. The van der Waals surface area contributed by atoms with Crippen molar-refractivity contribution in [1.82, 2.24) is 10.2 Å². The summed E-state index contributed by atoms with van der Waals surface area (Å²) in [5.41, 5.74) is -0.0516. The van der Waals surface area contributed by atoms with Gasteiger partial charge < -0.3 is 20.1 Å². The number of ether oxygens (including phenoxy) is 1. The van der Waals surface area contributed by atoms with Crippen molar-refractivity contribution in [3.05, 3.63) is 35.9 Å². The van der Waals surface area contributed by atoms with Crippen LogP contribution in [-0.2, 0) is 20.9 Å². The van der Waals surface area contributed by atoms with Crippen LogP contribution in [0, 0.1) is 0 Å². The normalized spacial score (nSPS) is 20.3. The van der Waals surface area contributed by atoms with Gasteiger partial charge in [0.15, 0.2) is 0 Å². The molecule has 1 fully saturated rings. The highest BCUT2D eigenvalue weighted by molar-refractivity contribution is 6.34. The maximum absolute atomic E-state index is 11.6. The minimum atomic E-state index is -1.58. The van der Waals surface area contributed by atoms with Crippen LogP contribution < -0.4 is 5.32 Å². The first-order valence-electron chi connectivity index (χ1n) is 6.14. The van der Waals surface area contributed by atoms with Crippen molar-refractivity contribution >= 4 is 29.6 Å². The van der Waals surface area contributed by atoms with Gasteiger partial charge in [0.25, 0.3) is 0 Å². The molecular formula is C13H13ClN2O5. The van der Waals surface area contributed by atoms with Gasteiger partial charge in [-0.3, -0.25) is 4.79 Å². The largest absolute Gasteiger partial charge is 0.474 e. The summed E-state index contributed by atoms with van der Waals surface area (Å²) in [7, 11) is 0. The molecule has 0 aliphatic carbocycles. The van der Waals surface area contributed by atoms with Gasteiger partial charge in [-0.25, -0.2) is 9.59 Å². The lowest BCUT2D eigenvalue weighted by Crippen LogP contribution is -2.66. The van der Waals surface area contributed by atoms with Crippen LogP contribution in [0.4, 0.5) is 4.79 Å². The maximum atomic E-state index is 11.6. The van der Waals surface area contributed by atoms with Crippen molar-refractivity contribution in [1.29, 1.82) is 0 Å². The number of carbonyl (C=O) groups is 3. The fraction of sp³-hybridized carbons (Fsp3) is 0.308. The van der Waals surface area contributed by atoms with E-state index in [9.17, 15) is 14.4 Å². The van der Waals surface area contributed by atoms with E-state index in [2.05, 4.69) is 5.32 Å². The number of nitrogens with one attached hydrogen (secondary N) is 1. The topological polar surface area (TPSA) is 95.9 Å². The second-order valence-corrected chi connectivity index (χ2v) is 4.90. The van der Waals surface area contributed by atoms with Crippen molar-refractivity contribution in [2.24, 2.45) is 0 Å². The number of nitrogens with zero attached hydrogens (tertiary/aromatic N) is 1. The third-order valence-electron chi connectivity index (χ3n) is 2.98. The molecule has 1 aromatic carbocycles. The first kappa shape index (κ1) is 15.1. The van der Waals surface area contributed by atoms with E-state index < -0.39 is 29.5 Å². The molecule has 2 rings (SSSR count). The summed E-state index contributed by atoms with van der Waals surface area (Å²) >= 11 is 5.85. The average Bonchev–Trinajstić information content (AvgIpc) is 2.49. The third-order valence-corrected chi connectivity index (χ3v) is 3.52. The first-order valence-corrected chi connectivity index (χ1v) is 6.58. The van der Waals surface area contributed by atoms with Crippen molar-refractivity contribution < 1.29 is 24.2 Å². The first-order chi connectivity index (χ1) is 9.99. The molecule has 0 aromatic heterocycles. The molecule has 2 amide bonds. The van der Waals surface area contributed by atoms with Gasteiger partial charge in [0.2, 0.25) is 0 Å². The van der Waals surface area contributed by atoms with Gasteiger partial charge >= 0.3 is 18.0 Å². The van der Waals surface area contributed by atoms with Gasteiger partial charge in [-0.1, -0.05) is 41.9 Å². The molecule has 1 aliphatic rings. The molecule has 0 spiro atoms. The molecule has 0 unspecified atom stereocenters. The van der Waals surface area contributed by atoms with Gasteiger partial charge in [0.05, 0.1) is 6.04 Å². The van der Waals surface area contributed by atoms with Crippen molar-refractivity contribution in [2.75, 3.05) is 6.54 Å². The van der Waals surface area contributed by atoms with Gasteiger partial charge in [0, 0.05) is 6.54 Å². The standard InChI is InChI=1S/C13H13ClN2O5/c14-10-9(6-16(10)11(17)12(18)19)15-13(20)21-7-8-4-2-1-3-5-8/h1-5,9-10H,6-7H2,(H,15,20)(H,18,19)/t9-,10+/m1/s1. The zero-order valence-corrected chi connectivity index (χ0v) is 11.6. The van der Waals surface area contributed by atoms with Crippen LogP contribution in [0.2, 0.25) is 0 Å². The minimum Gasteiger partial charge on any atom is -0.474 e. The molecule has 1 heterocycles. The molecule has 1 aliphatic heterocycles. The quantitative estimate of drug-likeness (QED) is 0.488. The molecule has 8 heteroatoms. The molecule has 0 bridgehead atoms. The van der Waals surface area contributed by atoms with E-state index in [0.717, 1.165) is 10.5 Å². The molecule has 0 saturated carbocycles. The Hall–Kier alpha value is -2.28. The van der Waals surface area contributed by atoms with Crippen molar-refractivity contribution in [3.8, 4) is 0 Å². The molecule has 2 N–H and O–H groups in total. The summed E-state index contributed by atoms with van der Waals surface area (Å²) in [5, 5.41) is 11.0. The highest BCUT2D eigenvalue weighted by atomic mass is 35.5. The Morgan fingerprint density at radius 3 is 2.57 bits per heavy atom. The number of carbonyl (C=O) groups excluding carboxylic acids is 2. The van der Waals surface area contributed by atoms with Gasteiger partial charge in [-0.05, 0) is 5.56 Å². The van der Waals surface area contributed by atoms with Gasteiger partial charge in [0.1, 0.15) is 12.1 Å². The lowest BCUT2D eigenvalue weighted by atomic mass is 10.1. The van der Waals surface area contributed by atoms with E-state index in [0.29, 0.717) is 0 Å². The lowest BCUT2D eigenvalue weighted by Gasteiger charge is -2.43. The third kappa shape index (κ3) is 3.63. The lowest BCUT2D eigenvalue weighted by molar-refractivity contribution is -0.159. The summed E-state index contributed by atoms with van der Waals surface area (Å²) in [6.07, 6.45) is -0.670. The Morgan fingerprint density at radius 2 is 2.00 bits per heavy atom. The highest BCUT2D eigenvalue weighted by Gasteiger charge is 2.43. The van der Waals surface area contributed by atoms with Crippen LogP contribution in [0.3, 0.4) is 0 Å². The SMILES string of the molecule is O=C(N[C@@H]1CN(C(=O)C(=O)O)[C@@H]1Cl)OCc1ccccc1. The van der Waals surface area contributed by atoms with E-state index >= 15 is 0 Å². The Bertz CT molecular complexity index is 551. The van der Waals surface area contributed by atoms with Gasteiger partial charge in [-0.2, -0.15) is 0 Å². The van der Waals surface area contributed by atoms with E-state index in [1.54, 1.807) is 0 Å². The predicted octanol–water partition coefficient (Wildman–Crippen LogP) is 0.773. The summed E-state index contributed by atoms with van der Waals surface area (Å²) in [4.78, 5) is 34.2. The number of alkyl halides is 1. The molecule has 2 atom stereocenters. The monoisotopic (exact) mass is 312 g/mol. The van der Waals surface area contributed by atoms with E-state index in [1.807, 2.05) is 30.3 Å². The maximum Gasteiger partial charge on any atom is 0.407 e. The van der Waals surface area contributed by atoms with Crippen LogP contribution in [0.5, 0.6) is 0 Å². The van der Waals surface area contributed by atoms with E-state index in [4.69, 9.17) is 21.4 Å². The van der Waals surface area contributed by atoms with Gasteiger partial charge in [-0.15, -0.1) is 0 Å². The van der Waals surface area contributed by atoms with E-state index in [1.165, 1.54) is 0 Å². The number of carboxylic acids is 1. The highest BCUT2D eigenvalue weighted by Crippen LogP contribution is 2.22. The molecular weight excluding hydrogens is 300 g/mol. The fourth-order valence-electron chi connectivity index (χ4n) is 1.83. The number of benzene rings is 1. The molecule has 1 aromatic rings. The van der Waals surface area contributed by atoms with Crippen molar-refractivity contribution in [2.45, 2.75) is 18.1 Å². The Balaban J connectivity index is 1.75. The number of hydrogen-bond acceptors (Lipinski definition) is 4. The molecule has 112 valence electrons. The Labute approximate surface area is 125 Å². The molecule has 21 heavy (non-hydrogen) atoms. The molecule has 7 nitrogen and oxygen atoms in total. The number of likely N-dealkylation sites (tertiary alicyclic amines) is 1. The number of carboxylic acid groups (broad SMARTS) is 1. The summed E-state index contributed by atoms with van der Waals surface area (Å²) in [6.45, 7) is 0.157. The fourth-order valence-corrected chi connectivity index (χ4v) is 2.14. The smallest absolute Gasteiger partial charge is 0.407 e. The summed E-state index contributed by atoms with van der Waals surface area (Å²) in [5.74, 6) is -2.67. The average molecular weight is 313 g/mol. The second-order valence-electron chi connectivity index (χ2n) is 4.45.